The number of carbonyl (C=O) groups excluding carboxylic acids is 1. The molecule has 0 saturated heterocycles. The largest absolute Gasteiger partial charge is 0.309 e. The van der Waals surface area contributed by atoms with Crippen LogP contribution in [0.1, 0.15) is 43.9 Å². The number of aryl methyl sites for hydroxylation is 1. The Hall–Kier alpha value is -1.91. The Morgan fingerprint density at radius 1 is 1.47 bits per heavy atom. The Bertz CT molecular complexity index is 640. The summed E-state index contributed by atoms with van der Waals surface area (Å²) in [6, 6.07) is 1.94. The van der Waals surface area contributed by atoms with E-state index in [0.29, 0.717) is 11.7 Å². The third kappa shape index (κ3) is 2.32. The smallest absolute Gasteiger partial charge is 0.228 e. The minimum absolute atomic E-state index is 0.0818. The average molecular weight is 258 g/mol. The first-order chi connectivity index (χ1) is 9.04. The molecule has 1 amide bonds. The molecule has 3 rings (SSSR count). The summed E-state index contributed by atoms with van der Waals surface area (Å²) in [6.07, 6.45) is 3.87. The highest BCUT2D eigenvalue weighted by Crippen LogP contribution is 2.30. The number of anilines is 1. The maximum absolute atomic E-state index is 11.8. The molecule has 0 atom stereocenters. The van der Waals surface area contributed by atoms with Crippen LogP contribution in [0.3, 0.4) is 0 Å². The SMILES string of the molecule is Cc1cn2nc(NC(=O)C3CC3)cc(C(C)C)c2n1. The minimum Gasteiger partial charge on any atom is -0.309 e. The summed E-state index contributed by atoms with van der Waals surface area (Å²) in [7, 11) is 0. The van der Waals surface area contributed by atoms with E-state index in [0.717, 1.165) is 29.7 Å². The fourth-order valence-electron chi connectivity index (χ4n) is 2.17. The molecule has 2 aromatic heterocycles. The second-order valence-electron chi connectivity index (χ2n) is 5.55. The normalized spacial score (nSPS) is 15.2. The molecule has 19 heavy (non-hydrogen) atoms. The molecule has 0 aromatic carbocycles. The molecule has 0 unspecified atom stereocenters. The first kappa shape index (κ1) is 12.1. The number of hydrogen-bond donors (Lipinski definition) is 1. The maximum atomic E-state index is 11.8. The van der Waals surface area contributed by atoms with E-state index in [4.69, 9.17) is 0 Å². The molecule has 1 N–H and O–H groups in total. The lowest BCUT2D eigenvalue weighted by Gasteiger charge is -2.10. The van der Waals surface area contributed by atoms with Gasteiger partial charge in [0.15, 0.2) is 11.5 Å². The van der Waals surface area contributed by atoms with Gasteiger partial charge in [0.25, 0.3) is 0 Å². The van der Waals surface area contributed by atoms with Gasteiger partial charge in [0.1, 0.15) is 0 Å². The van der Waals surface area contributed by atoms with Gasteiger partial charge in [-0.05, 0) is 31.7 Å². The van der Waals surface area contributed by atoms with Gasteiger partial charge in [0, 0.05) is 11.5 Å². The fourth-order valence-corrected chi connectivity index (χ4v) is 2.17. The van der Waals surface area contributed by atoms with Crippen molar-refractivity contribution in [2.24, 2.45) is 5.92 Å². The Balaban J connectivity index is 2.02. The van der Waals surface area contributed by atoms with Gasteiger partial charge in [0.05, 0.1) is 11.9 Å². The van der Waals surface area contributed by atoms with Gasteiger partial charge in [0.2, 0.25) is 5.91 Å². The van der Waals surface area contributed by atoms with Gasteiger partial charge in [-0.2, -0.15) is 0 Å². The van der Waals surface area contributed by atoms with Crippen LogP contribution in [0.25, 0.3) is 5.65 Å². The molecular formula is C14H18N4O. The van der Waals surface area contributed by atoms with Gasteiger partial charge >= 0.3 is 0 Å². The molecule has 2 aromatic rings. The van der Waals surface area contributed by atoms with Crippen molar-refractivity contribution in [1.82, 2.24) is 14.6 Å². The summed E-state index contributed by atoms with van der Waals surface area (Å²) >= 11 is 0. The zero-order chi connectivity index (χ0) is 13.6. The summed E-state index contributed by atoms with van der Waals surface area (Å²) < 4.78 is 1.76. The fraction of sp³-hybridized carbons (Fsp3) is 0.500. The number of nitrogens with one attached hydrogen (secondary N) is 1. The van der Waals surface area contributed by atoms with E-state index in [1.807, 2.05) is 19.2 Å². The van der Waals surface area contributed by atoms with Crippen LogP contribution < -0.4 is 5.32 Å². The standard InChI is InChI=1S/C14H18N4O/c1-8(2)11-6-12(16-14(19)10-4-5-10)17-18-7-9(3)15-13(11)18/h6-8,10H,4-5H2,1-3H3,(H,16,17,19). The number of fused-ring (bicyclic) bond motifs is 1. The van der Waals surface area contributed by atoms with Crippen LogP contribution in [0.2, 0.25) is 0 Å². The van der Waals surface area contributed by atoms with E-state index >= 15 is 0 Å². The van der Waals surface area contributed by atoms with Crippen LogP contribution >= 0.6 is 0 Å². The lowest BCUT2D eigenvalue weighted by atomic mass is 10.1. The predicted molar refractivity (Wildman–Crippen MR) is 73.2 cm³/mol. The van der Waals surface area contributed by atoms with Crippen LogP contribution in [-0.4, -0.2) is 20.5 Å². The minimum atomic E-state index is 0.0818. The molecule has 1 aliphatic rings. The van der Waals surface area contributed by atoms with E-state index in [-0.39, 0.29) is 11.8 Å². The molecule has 0 aliphatic heterocycles. The second-order valence-corrected chi connectivity index (χ2v) is 5.55. The third-order valence-electron chi connectivity index (χ3n) is 3.40. The highest BCUT2D eigenvalue weighted by atomic mass is 16.2. The summed E-state index contributed by atoms with van der Waals surface area (Å²) in [5, 5.41) is 7.31. The topological polar surface area (TPSA) is 59.3 Å². The Labute approximate surface area is 112 Å². The van der Waals surface area contributed by atoms with E-state index in [1.165, 1.54) is 0 Å². The van der Waals surface area contributed by atoms with E-state index in [1.54, 1.807) is 4.52 Å². The van der Waals surface area contributed by atoms with Crippen molar-refractivity contribution < 1.29 is 4.79 Å². The van der Waals surface area contributed by atoms with Crippen molar-refractivity contribution in [3.05, 3.63) is 23.5 Å². The van der Waals surface area contributed by atoms with Crippen LogP contribution in [-0.2, 0) is 4.79 Å². The number of nitrogens with zero attached hydrogens (tertiary/aromatic N) is 3. The molecule has 2 heterocycles. The van der Waals surface area contributed by atoms with Crippen LogP contribution in [0.4, 0.5) is 5.82 Å². The Morgan fingerprint density at radius 3 is 2.84 bits per heavy atom. The van der Waals surface area contributed by atoms with E-state index < -0.39 is 0 Å². The average Bonchev–Trinajstić information content (AvgIpc) is 3.10. The van der Waals surface area contributed by atoms with Crippen molar-refractivity contribution in [2.45, 2.75) is 39.5 Å². The lowest BCUT2D eigenvalue weighted by Crippen LogP contribution is -2.16. The van der Waals surface area contributed by atoms with Crippen molar-refractivity contribution in [1.29, 1.82) is 0 Å². The highest BCUT2D eigenvalue weighted by Gasteiger charge is 2.30. The predicted octanol–water partition coefficient (Wildman–Crippen LogP) is 2.51. The van der Waals surface area contributed by atoms with Crippen LogP contribution in [0.15, 0.2) is 12.3 Å². The van der Waals surface area contributed by atoms with Crippen molar-refractivity contribution >= 4 is 17.4 Å². The van der Waals surface area contributed by atoms with Gasteiger partial charge in [-0.25, -0.2) is 9.50 Å². The molecule has 1 aliphatic carbocycles. The number of imidazole rings is 1. The monoisotopic (exact) mass is 258 g/mol. The van der Waals surface area contributed by atoms with Crippen LogP contribution in [0, 0.1) is 12.8 Å². The highest BCUT2D eigenvalue weighted by molar-refractivity contribution is 5.93. The van der Waals surface area contributed by atoms with Gasteiger partial charge in [-0.3, -0.25) is 4.79 Å². The molecule has 5 heteroatoms. The Morgan fingerprint density at radius 2 is 2.21 bits per heavy atom. The van der Waals surface area contributed by atoms with Crippen molar-refractivity contribution in [3.8, 4) is 0 Å². The summed E-state index contributed by atoms with van der Waals surface area (Å²) in [5.41, 5.74) is 2.91. The van der Waals surface area contributed by atoms with Gasteiger partial charge < -0.3 is 5.32 Å². The van der Waals surface area contributed by atoms with Crippen molar-refractivity contribution in [2.75, 3.05) is 5.32 Å². The second kappa shape index (κ2) is 4.33. The molecule has 1 fully saturated rings. The number of rotatable bonds is 3. The summed E-state index contributed by atoms with van der Waals surface area (Å²) in [4.78, 5) is 16.3. The lowest BCUT2D eigenvalue weighted by molar-refractivity contribution is -0.117. The molecule has 0 bridgehead atoms. The quantitative estimate of drug-likeness (QED) is 0.920. The maximum Gasteiger partial charge on any atom is 0.228 e. The molecule has 100 valence electrons. The molecule has 0 radical (unpaired) electrons. The zero-order valence-electron chi connectivity index (χ0n) is 11.5. The summed E-state index contributed by atoms with van der Waals surface area (Å²) in [6.45, 7) is 6.18. The first-order valence-corrected chi connectivity index (χ1v) is 6.72. The summed E-state index contributed by atoms with van der Waals surface area (Å²) in [5.74, 6) is 1.22. The van der Waals surface area contributed by atoms with E-state index in [9.17, 15) is 4.79 Å². The van der Waals surface area contributed by atoms with Gasteiger partial charge in [-0.15, -0.1) is 5.10 Å². The van der Waals surface area contributed by atoms with E-state index in [2.05, 4.69) is 29.2 Å². The third-order valence-corrected chi connectivity index (χ3v) is 3.40. The number of amides is 1. The molecule has 0 spiro atoms. The first-order valence-electron chi connectivity index (χ1n) is 6.72. The van der Waals surface area contributed by atoms with Crippen LogP contribution in [0.5, 0.6) is 0 Å². The number of hydrogen-bond acceptors (Lipinski definition) is 3. The molecule has 1 saturated carbocycles. The van der Waals surface area contributed by atoms with Crippen molar-refractivity contribution in [3.63, 3.8) is 0 Å². The molecule has 5 nitrogen and oxygen atoms in total. The number of carbonyl (C=O) groups is 1. The van der Waals surface area contributed by atoms with Gasteiger partial charge in [-0.1, -0.05) is 13.8 Å². The molecular weight excluding hydrogens is 240 g/mol. The zero-order valence-corrected chi connectivity index (χ0v) is 11.5. The Kier molecular flexibility index (Phi) is 2.77. The number of aromatic nitrogens is 3.